The highest BCUT2D eigenvalue weighted by Crippen LogP contribution is 2.50. The van der Waals surface area contributed by atoms with E-state index < -0.39 is 53.7 Å². The SMILES string of the molecule is CC(=O)N1C[C@H]2[C@H](c3ccc(F)cc3)[C@@H](O[C@H](C)c3cc(C(F)(F)F)cc(C(F)(F)F)c3)CC[C@@H]2C1O. The van der Waals surface area contributed by atoms with Crippen molar-refractivity contribution in [1.82, 2.24) is 4.90 Å². The number of fused-ring (bicyclic) bond motifs is 1. The van der Waals surface area contributed by atoms with Crippen molar-refractivity contribution in [2.45, 2.75) is 63.4 Å². The van der Waals surface area contributed by atoms with Crippen LogP contribution >= 0.6 is 0 Å². The van der Waals surface area contributed by atoms with Crippen LogP contribution in [-0.2, 0) is 21.9 Å². The zero-order valence-corrected chi connectivity index (χ0v) is 20.0. The normalized spacial score (nSPS) is 27.2. The number of halogens is 7. The highest BCUT2D eigenvalue weighted by Gasteiger charge is 2.51. The summed E-state index contributed by atoms with van der Waals surface area (Å²) in [4.78, 5) is 13.4. The van der Waals surface area contributed by atoms with Gasteiger partial charge in [-0.15, -0.1) is 0 Å². The quantitative estimate of drug-likeness (QED) is 0.470. The number of aliphatic hydroxyl groups is 1. The van der Waals surface area contributed by atoms with E-state index in [0.717, 1.165) is 0 Å². The van der Waals surface area contributed by atoms with Gasteiger partial charge in [0.2, 0.25) is 5.91 Å². The standard InChI is InChI=1S/C26H26F7NO3/c1-13(16-9-17(25(28,29)30)11-18(10-16)26(31,32)33)37-22-8-7-20-21(12-34(14(2)35)24(20)36)23(22)15-3-5-19(27)6-4-15/h3-6,9-11,13,20-24,36H,7-8,12H2,1-2H3/t13-,20+,21-,22+,23+,24?/m1/s1. The fraction of sp³-hybridized carbons (Fsp3) is 0.500. The van der Waals surface area contributed by atoms with Gasteiger partial charge in [-0.3, -0.25) is 4.79 Å². The van der Waals surface area contributed by atoms with Gasteiger partial charge in [0.15, 0.2) is 0 Å². The molecule has 2 aromatic carbocycles. The number of carbonyl (C=O) groups excluding carboxylic acids is 1. The molecule has 0 aromatic heterocycles. The van der Waals surface area contributed by atoms with Gasteiger partial charge in [-0.2, -0.15) is 26.3 Å². The average molecular weight is 533 g/mol. The molecule has 0 radical (unpaired) electrons. The summed E-state index contributed by atoms with van der Waals surface area (Å²) in [5.74, 6) is -1.90. The molecule has 1 amide bonds. The van der Waals surface area contributed by atoms with E-state index in [1.54, 1.807) is 0 Å². The first-order valence-corrected chi connectivity index (χ1v) is 11.8. The van der Waals surface area contributed by atoms with E-state index in [9.17, 15) is 40.6 Å². The van der Waals surface area contributed by atoms with Crippen molar-refractivity contribution in [3.8, 4) is 0 Å². The number of hydrogen-bond donors (Lipinski definition) is 1. The molecular weight excluding hydrogens is 507 g/mol. The predicted molar refractivity (Wildman–Crippen MR) is 118 cm³/mol. The molecule has 1 unspecified atom stereocenters. The second-order valence-electron chi connectivity index (χ2n) is 9.72. The Morgan fingerprint density at radius 2 is 1.54 bits per heavy atom. The fourth-order valence-corrected chi connectivity index (χ4v) is 5.65. The highest BCUT2D eigenvalue weighted by molar-refractivity contribution is 5.73. The van der Waals surface area contributed by atoms with Crippen LogP contribution in [-0.4, -0.2) is 34.8 Å². The number of nitrogens with zero attached hydrogens (tertiary/aromatic N) is 1. The lowest BCUT2D eigenvalue weighted by molar-refractivity contribution is -0.143. The van der Waals surface area contributed by atoms with Crippen LogP contribution in [0.1, 0.15) is 61.0 Å². The maximum Gasteiger partial charge on any atom is 0.416 e. The van der Waals surface area contributed by atoms with E-state index >= 15 is 0 Å². The van der Waals surface area contributed by atoms with E-state index in [2.05, 4.69) is 0 Å². The van der Waals surface area contributed by atoms with Crippen LogP contribution < -0.4 is 0 Å². The Balaban J connectivity index is 1.68. The molecule has 4 rings (SSSR count). The summed E-state index contributed by atoms with van der Waals surface area (Å²) in [5.41, 5.74) is -2.49. The maximum absolute atomic E-state index is 13.6. The van der Waals surface area contributed by atoms with E-state index in [1.807, 2.05) is 0 Å². The van der Waals surface area contributed by atoms with Gasteiger partial charge in [-0.05, 0) is 67.1 Å². The summed E-state index contributed by atoms with van der Waals surface area (Å²) in [6, 6.07) is 6.94. The van der Waals surface area contributed by atoms with E-state index in [-0.39, 0.29) is 35.9 Å². The third-order valence-corrected chi connectivity index (χ3v) is 7.42. The third kappa shape index (κ3) is 5.62. The molecule has 0 spiro atoms. The Morgan fingerprint density at radius 3 is 2.05 bits per heavy atom. The van der Waals surface area contributed by atoms with Crippen LogP contribution in [0.2, 0.25) is 0 Å². The first-order chi connectivity index (χ1) is 17.2. The molecule has 1 heterocycles. The Morgan fingerprint density at radius 1 is 0.973 bits per heavy atom. The van der Waals surface area contributed by atoms with Gasteiger partial charge in [-0.25, -0.2) is 4.39 Å². The second kappa shape index (κ2) is 9.90. The number of rotatable bonds is 4. The summed E-state index contributed by atoms with van der Waals surface area (Å²) >= 11 is 0. The molecule has 2 aromatic rings. The van der Waals surface area contributed by atoms with Crippen LogP contribution in [0.4, 0.5) is 30.7 Å². The summed E-state index contributed by atoms with van der Waals surface area (Å²) < 4.78 is 100.0. The van der Waals surface area contributed by atoms with Crippen LogP contribution in [0, 0.1) is 17.7 Å². The lowest BCUT2D eigenvalue weighted by Crippen LogP contribution is -2.39. The smallest absolute Gasteiger partial charge is 0.373 e. The van der Waals surface area contributed by atoms with Crippen molar-refractivity contribution in [1.29, 1.82) is 0 Å². The number of alkyl halides is 6. The minimum Gasteiger partial charge on any atom is -0.373 e. The number of amides is 1. The molecule has 11 heteroatoms. The van der Waals surface area contributed by atoms with Gasteiger partial charge < -0.3 is 14.7 Å². The summed E-state index contributed by atoms with van der Waals surface area (Å²) in [6.45, 7) is 2.91. The number of likely N-dealkylation sites (tertiary alicyclic amines) is 1. The van der Waals surface area contributed by atoms with E-state index in [4.69, 9.17) is 4.74 Å². The predicted octanol–water partition coefficient (Wildman–Crippen LogP) is 6.30. The highest BCUT2D eigenvalue weighted by atomic mass is 19.4. The van der Waals surface area contributed by atoms with Crippen molar-refractivity contribution in [3.05, 3.63) is 70.5 Å². The number of benzene rings is 2. The van der Waals surface area contributed by atoms with Gasteiger partial charge in [0.25, 0.3) is 0 Å². The molecular formula is C26H26F7NO3. The molecule has 37 heavy (non-hydrogen) atoms. The molecule has 1 saturated heterocycles. The number of ether oxygens (including phenoxy) is 1. The summed E-state index contributed by atoms with van der Waals surface area (Å²) in [5, 5.41) is 10.7. The van der Waals surface area contributed by atoms with Crippen molar-refractivity contribution in [2.24, 2.45) is 11.8 Å². The first kappa shape index (κ1) is 27.4. The second-order valence-corrected chi connectivity index (χ2v) is 9.72. The van der Waals surface area contributed by atoms with Gasteiger partial charge in [0.1, 0.15) is 12.0 Å². The average Bonchev–Trinajstić information content (AvgIpc) is 3.15. The van der Waals surface area contributed by atoms with Crippen LogP contribution in [0.3, 0.4) is 0 Å². The molecule has 1 aliphatic heterocycles. The molecule has 1 saturated carbocycles. The fourth-order valence-electron chi connectivity index (χ4n) is 5.65. The molecule has 1 aliphatic carbocycles. The molecule has 4 nitrogen and oxygen atoms in total. The molecule has 6 atom stereocenters. The van der Waals surface area contributed by atoms with Crippen LogP contribution in [0.25, 0.3) is 0 Å². The van der Waals surface area contributed by atoms with Crippen molar-refractivity contribution in [3.63, 3.8) is 0 Å². The first-order valence-electron chi connectivity index (χ1n) is 11.8. The topological polar surface area (TPSA) is 49.8 Å². The number of aliphatic hydroxyl groups excluding tert-OH is 1. The third-order valence-electron chi connectivity index (χ3n) is 7.42. The van der Waals surface area contributed by atoms with Gasteiger partial charge in [0, 0.05) is 25.3 Å². The molecule has 0 bridgehead atoms. The van der Waals surface area contributed by atoms with Crippen molar-refractivity contribution < 1.29 is 45.4 Å². The lowest BCUT2D eigenvalue weighted by atomic mass is 9.69. The van der Waals surface area contributed by atoms with Gasteiger partial charge in [0.05, 0.1) is 23.3 Å². The molecule has 2 aliphatic rings. The van der Waals surface area contributed by atoms with Gasteiger partial charge in [-0.1, -0.05) is 12.1 Å². The van der Waals surface area contributed by atoms with Crippen molar-refractivity contribution in [2.75, 3.05) is 6.54 Å². The Hall–Kier alpha value is -2.66. The summed E-state index contributed by atoms with van der Waals surface area (Å²) in [6.07, 6.45) is -12.0. The largest absolute Gasteiger partial charge is 0.416 e. The Bertz CT molecular complexity index is 1100. The lowest BCUT2D eigenvalue weighted by Gasteiger charge is -2.41. The van der Waals surface area contributed by atoms with E-state index in [0.29, 0.717) is 30.5 Å². The van der Waals surface area contributed by atoms with Crippen LogP contribution in [0.5, 0.6) is 0 Å². The zero-order valence-electron chi connectivity index (χ0n) is 20.0. The molecule has 2 fully saturated rings. The Kier molecular flexibility index (Phi) is 7.33. The zero-order chi connectivity index (χ0) is 27.3. The number of carbonyl (C=O) groups is 1. The Labute approximate surface area is 209 Å². The van der Waals surface area contributed by atoms with E-state index in [1.165, 1.54) is 43.0 Å². The van der Waals surface area contributed by atoms with Gasteiger partial charge >= 0.3 is 12.4 Å². The van der Waals surface area contributed by atoms with Crippen LogP contribution in [0.15, 0.2) is 42.5 Å². The maximum atomic E-state index is 13.6. The number of hydrogen-bond acceptors (Lipinski definition) is 3. The minimum absolute atomic E-state index is 0.0685. The molecule has 1 N–H and O–H groups in total. The van der Waals surface area contributed by atoms with Crippen molar-refractivity contribution >= 4 is 5.91 Å². The minimum atomic E-state index is -4.99. The summed E-state index contributed by atoms with van der Waals surface area (Å²) in [7, 11) is 0. The molecule has 202 valence electrons. The monoisotopic (exact) mass is 533 g/mol.